The van der Waals surface area contributed by atoms with Crippen LogP contribution in [0.15, 0.2) is 40.2 Å². The molecule has 1 aromatic heterocycles. The molecule has 1 aromatic carbocycles. The minimum absolute atomic E-state index is 0.0370. The summed E-state index contributed by atoms with van der Waals surface area (Å²) in [6.45, 7) is 2.00. The largest absolute Gasteiger partial charge is 0.508 e. The van der Waals surface area contributed by atoms with E-state index in [0.29, 0.717) is 4.88 Å². The number of hydrogen-bond donors (Lipinski definition) is 2. The number of aryl methyl sites for hydroxylation is 1. The Hall–Kier alpha value is -1.33. The summed E-state index contributed by atoms with van der Waals surface area (Å²) in [5, 5.41) is 14.1. The fourth-order valence-corrected chi connectivity index (χ4v) is 3.32. The Balaban J connectivity index is 1.83. The number of nitrogens with one attached hydrogen (secondary N) is 1. The summed E-state index contributed by atoms with van der Waals surface area (Å²) in [5.41, 5.74) is 1.15. The van der Waals surface area contributed by atoms with Crippen molar-refractivity contribution in [3.8, 4) is 5.75 Å². The summed E-state index contributed by atoms with van der Waals surface area (Å²) in [6.07, 6.45) is 1.73. The van der Waals surface area contributed by atoms with E-state index >= 15 is 0 Å². The zero-order valence-electron chi connectivity index (χ0n) is 11.1. The monoisotopic (exact) mass is 353 g/mol. The highest BCUT2D eigenvalue weighted by atomic mass is 79.9. The van der Waals surface area contributed by atoms with Crippen LogP contribution in [0.2, 0.25) is 0 Å². The van der Waals surface area contributed by atoms with Crippen LogP contribution in [0.1, 0.15) is 28.6 Å². The smallest absolute Gasteiger partial charge is 0.262 e. The van der Waals surface area contributed by atoms with Crippen LogP contribution in [0.4, 0.5) is 0 Å². The molecule has 0 aliphatic rings. The molecule has 0 saturated carbocycles. The Morgan fingerprint density at radius 2 is 2.05 bits per heavy atom. The zero-order chi connectivity index (χ0) is 14.5. The van der Waals surface area contributed by atoms with Gasteiger partial charge in [-0.25, -0.2) is 0 Å². The highest BCUT2D eigenvalue weighted by molar-refractivity contribution is 9.10. The first kappa shape index (κ1) is 15.1. The lowest BCUT2D eigenvalue weighted by Gasteiger charge is -2.13. The van der Waals surface area contributed by atoms with Crippen LogP contribution in [0.5, 0.6) is 5.75 Å². The zero-order valence-corrected chi connectivity index (χ0v) is 13.5. The topological polar surface area (TPSA) is 49.3 Å². The number of benzene rings is 1. The number of phenolic OH excluding ortho intramolecular Hbond substituents is 1. The van der Waals surface area contributed by atoms with E-state index in [2.05, 4.69) is 21.2 Å². The van der Waals surface area contributed by atoms with E-state index in [9.17, 15) is 9.90 Å². The van der Waals surface area contributed by atoms with Crippen LogP contribution >= 0.6 is 27.3 Å². The molecule has 0 fully saturated rings. The molecule has 20 heavy (non-hydrogen) atoms. The van der Waals surface area contributed by atoms with Gasteiger partial charge in [0.2, 0.25) is 0 Å². The van der Waals surface area contributed by atoms with Gasteiger partial charge >= 0.3 is 0 Å². The van der Waals surface area contributed by atoms with Crippen molar-refractivity contribution in [3.05, 3.63) is 50.6 Å². The predicted octanol–water partition coefficient (Wildman–Crippen LogP) is 3.97. The highest BCUT2D eigenvalue weighted by Gasteiger charge is 2.13. The molecule has 1 unspecified atom stereocenters. The van der Waals surface area contributed by atoms with E-state index in [1.807, 2.05) is 30.5 Å². The average Bonchev–Trinajstić information content (AvgIpc) is 2.84. The molecule has 0 aliphatic heterocycles. The fraction of sp³-hybridized carbons (Fsp3) is 0.267. The number of halogens is 1. The Bertz CT molecular complexity index is 580. The molecular weight excluding hydrogens is 338 g/mol. The molecular formula is C15H16BrNO2S. The van der Waals surface area contributed by atoms with Crippen molar-refractivity contribution in [1.29, 1.82) is 0 Å². The standard InChI is InChI=1S/C15H16BrNO2S/c1-10(2-3-11-4-6-12(18)7-5-11)17-15(19)14-13(16)8-9-20-14/h4-10,18H,2-3H2,1H3,(H,17,19). The van der Waals surface area contributed by atoms with Crippen molar-refractivity contribution in [3.63, 3.8) is 0 Å². The molecule has 2 aromatic rings. The molecule has 1 heterocycles. The third-order valence-electron chi connectivity index (χ3n) is 3.00. The van der Waals surface area contributed by atoms with Crippen LogP contribution < -0.4 is 5.32 Å². The minimum Gasteiger partial charge on any atom is -0.508 e. The molecule has 5 heteroatoms. The van der Waals surface area contributed by atoms with Crippen molar-refractivity contribution in [1.82, 2.24) is 5.32 Å². The van der Waals surface area contributed by atoms with E-state index in [0.717, 1.165) is 22.9 Å². The SMILES string of the molecule is CC(CCc1ccc(O)cc1)NC(=O)c1sccc1Br. The predicted molar refractivity (Wildman–Crippen MR) is 85.4 cm³/mol. The van der Waals surface area contributed by atoms with Gasteiger partial charge in [0.1, 0.15) is 10.6 Å². The first-order valence-electron chi connectivity index (χ1n) is 6.38. The Morgan fingerprint density at radius 3 is 2.65 bits per heavy atom. The van der Waals surface area contributed by atoms with Crippen molar-refractivity contribution in [2.45, 2.75) is 25.8 Å². The van der Waals surface area contributed by atoms with Gasteiger partial charge in [-0.15, -0.1) is 11.3 Å². The van der Waals surface area contributed by atoms with Crippen molar-refractivity contribution in [2.75, 3.05) is 0 Å². The average molecular weight is 354 g/mol. The van der Waals surface area contributed by atoms with Crippen LogP contribution in [0, 0.1) is 0 Å². The summed E-state index contributed by atoms with van der Waals surface area (Å²) in [6, 6.07) is 9.15. The molecule has 1 amide bonds. The third kappa shape index (κ3) is 4.08. The number of hydrogen-bond acceptors (Lipinski definition) is 3. The Kier molecular flexibility index (Phi) is 5.20. The maximum Gasteiger partial charge on any atom is 0.262 e. The van der Waals surface area contributed by atoms with Gasteiger partial charge in [0.15, 0.2) is 0 Å². The fourth-order valence-electron chi connectivity index (χ4n) is 1.86. The molecule has 2 N–H and O–H groups in total. The molecule has 0 aliphatic carbocycles. The lowest BCUT2D eigenvalue weighted by molar-refractivity contribution is 0.0942. The van der Waals surface area contributed by atoms with Crippen molar-refractivity contribution >= 4 is 33.2 Å². The van der Waals surface area contributed by atoms with Crippen molar-refractivity contribution in [2.24, 2.45) is 0 Å². The number of amides is 1. The maximum absolute atomic E-state index is 12.0. The van der Waals surface area contributed by atoms with Gasteiger partial charge < -0.3 is 10.4 Å². The molecule has 2 rings (SSSR count). The van der Waals surface area contributed by atoms with Gasteiger partial charge in [0.25, 0.3) is 5.91 Å². The van der Waals surface area contributed by atoms with Gasteiger partial charge in [0, 0.05) is 10.5 Å². The lowest BCUT2D eigenvalue weighted by atomic mass is 10.1. The maximum atomic E-state index is 12.0. The summed E-state index contributed by atoms with van der Waals surface area (Å²) in [7, 11) is 0. The molecule has 0 bridgehead atoms. The van der Waals surface area contributed by atoms with Gasteiger partial charge in [-0.3, -0.25) is 4.79 Å². The lowest BCUT2D eigenvalue weighted by Crippen LogP contribution is -2.32. The van der Waals surface area contributed by atoms with E-state index in [4.69, 9.17) is 0 Å². The van der Waals surface area contributed by atoms with Crippen LogP contribution in [-0.4, -0.2) is 17.1 Å². The quantitative estimate of drug-likeness (QED) is 0.854. The second-order valence-electron chi connectivity index (χ2n) is 4.68. The molecule has 1 atom stereocenters. The summed E-state index contributed by atoms with van der Waals surface area (Å²) in [4.78, 5) is 12.7. The van der Waals surface area contributed by atoms with Crippen LogP contribution in [-0.2, 0) is 6.42 Å². The molecule has 0 saturated heterocycles. The second kappa shape index (κ2) is 6.90. The Morgan fingerprint density at radius 1 is 1.35 bits per heavy atom. The van der Waals surface area contributed by atoms with Crippen molar-refractivity contribution < 1.29 is 9.90 Å². The first-order chi connectivity index (χ1) is 9.56. The summed E-state index contributed by atoms with van der Waals surface area (Å²) in [5.74, 6) is 0.239. The molecule has 3 nitrogen and oxygen atoms in total. The van der Waals surface area contributed by atoms with Crippen LogP contribution in [0.25, 0.3) is 0 Å². The number of carbonyl (C=O) groups is 1. The molecule has 0 radical (unpaired) electrons. The van der Waals surface area contributed by atoms with Gasteiger partial charge in [0.05, 0.1) is 0 Å². The molecule has 0 spiro atoms. The first-order valence-corrected chi connectivity index (χ1v) is 8.05. The van der Waals surface area contributed by atoms with E-state index in [-0.39, 0.29) is 17.7 Å². The van der Waals surface area contributed by atoms with Crippen LogP contribution in [0.3, 0.4) is 0 Å². The summed E-state index contributed by atoms with van der Waals surface area (Å²) < 4.78 is 0.839. The molecule has 106 valence electrons. The number of phenols is 1. The normalized spacial score (nSPS) is 12.1. The second-order valence-corrected chi connectivity index (χ2v) is 6.45. The third-order valence-corrected chi connectivity index (χ3v) is 4.84. The number of thiophene rings is 1. The minimum atomic E-state index is -0.0370. The van der Waals surface area contributed by atoms with E-state index in [1.165, 1.54) is 11.3 Å². The van der Waals surface area contributed by atoms with Gasteiger partial charge in [-0.1, -0.05) is 12.1 Å². The Labute approximate surface area is 130 Å². The number of carbonyl (C=O) groups excluding carboxylic acids is 1. The van der Waals surface area contributed by atoms with Gasteiger partial charge in [-0.05, 0) is 64.8 Å². The number of aromatic hydroxyl groups is 1. The highest BCUT2D eigenvalue weighted by Crippen LogP contribution is 2.22. The van der Waals surface area contributed by atoms with E-state index in [1.54, 1.807) is 12.1 Å². The van der Waals surface area contributed by atoms with Gasteiger partial charge in [-0.2, -0.15) is 0 Å². The van der Waals surface area contributed by atoms with E-state index < -0.39 is 0 Å². The summed E-state index contributed by atoms with van der Waals surface area (Å²) >= 11 is 4.79. The number of rotatable bonds is 5.